The molecular weight excluding hydrogens is 367 g/mol. The summed E-state index contributed by atoms with van der Waals surface area (Å²) < 4.78 is 13.1. The molecule has 2 aromatic rings. The van der Waals surface area contributed by atoms with Crippen LogP contribution in [0.25, 0.3) is 0 Å². The Bertz CT molecular complexity index is 633. The molecular formula is C16H13IO3. The third kappa shape index (κ3) is 3.25. The van der Waals surface area contributed by atoms with Crippen LogP contribution in [0.2, 0.25) is 0 Å². The zero-order valence-electron chi connectivity index (χ0n) is 10.7. The van der Waals surface area contributed by atoms with Gasteiger partial charge in [-0.1, -0.05) is 0 Å². The minimum atomic E-state index is -0.342. The Hall–Kier alpha value is -1.69. The summed E-state index contributed by atoms with van der Waals surface area (Å²) in [4.78, 5) is 11.3. The van der Waals surface area contributed by atoms with E-state index in [-0.39, 0.29) is 27.2 Å². The van der Waals surface area contributed by atoms with E-state index in [0.717, 1.165) is 0 Å². The van der Waals surface area contributed by atoms with Crippen LogP contribution in [0.15, 0.2) is 54.6 Å². The predicted octanol–water partition coefficient (Wildman–Crippen LogP) is -0.420. The van der Waals surface area contributed by atoms with Gasteiger partial charge in [-0.25, -0.2) is 0 Å². The number of halogens is 1. The van der Waals surface area contributed by atoms with Gasteiger partial charge in [0.25, 0.3) is 0 Å². The Labute approximate surface area is 127 Å². The molecule has 20 heavy (non-hydrogen) atoms. The molecule has 102 valence electrons. The van der Waals surface area contributed by atoms with Gasteiger partial charge < -0.3 is 0 Å². The van der Waals surface area contributed by atoms with E-state index in [2.05, 4.69) is 36.4 Å². The summed E-state index contributed by atoms with van der Waals surface area (Å²) >= 11 is -0.163. The van der Waals surface area contributed by atoms with Gasteiger partial charge in [-0.2, -0.15) is 0 Å². The van der Waals surface area contributed by atoms with Crippen LogP contribution < -0.4 is 21.2 Å². The summed E-state index contributed by atoms with van der Waals surface area (Å²) in [6, 6.07) is 18.4. The number of esters is 1. The van der Waals surface area contributed by atoms with E-state index in [9.17, 15) is 4.79 Å². The molecule has 0 radical (unpaired) electrons. The van der Waals surface area contributed by atoms with E-state index in [1.807, 2.05) is 18.2 Å². The minimum absolute atomic E-state index is 0.163. The maximum absolute atomic E-state index is 11.3. The van der Waals surface area contributed by atoms with Gasteiger partial charge >= 0.3 is 127 Å². The molecule has 0 aliphatic carbocycles. The second kappa shape index (κ2) is 6.17. The fraction of sp³-hybridized carbons (Fsp3) is 0.125. The molecule has 0 spiro atoms. The summed E-state index contributed by atoms with van der Waals surface area (Å²) in [5.41, 5.74) is 0. The third-order valence-electron chi connectivity index (χ3n) is 2.80. The molecule has 0 N–H and O–H groups in total. The van der Waals surface area contributed by atoms with Crippen molar-refractivity contribution in [2.24, 2.45) is 0 Å². The second-order valence-corrected chi connectivity index (χ2v) is 7.29. The zero-order valence-corrected chi connectivity index (χ0v) is 12.9. The molecule has 3 rings (SSSR count). The van der Waals surface area contributed by atoms with Crippen LogP contribution in [0, 0.1) is 7.14 Å². The van der Waals surface area contributed by atoms with Crippen LogP contribution in [0.4, 0.5) is 0 Å². The predicted molar refractivity (Wildman–Crippen MR) is 70.3 cm³/mol. The van der Waals surface area contributed by atoms with Crippen LogP contribution in [0.3, 0.4) is 0 Å². The van der Waals surface area contributed by atoms with Crippen LogP contribution in [0.5, 0.6) is 5.75 Å². The van der Waals surface area contributed by atoms with Crippen molar-refractivity contribution in [3.8, 4) is 5.75 Å². The molecule has 0 bridgehead atoms. The fourth-order valence-electron chi connectivity index (χ4n) is 1.82. The normalized spacial score (nSPS) is 16.6. The van der Waals surface area contributed by atoms with Crippen molar-refractivity contribution in [3.05, 3.63) is 61.7 Å². The number of cyclic esters (lactones) is 1. The first kappa shape index (κ1) is 13.3. The average Bonchev–Trinajstić information content (AvgIpc) is 2.88. The third-order valence-corrected chi connectivity index (χ3v) is 5.48. The summed E-state index contributed by atoms with van der Waals surface area (Å²) in [6.45, 7) is 0.422. The molecule has 2 aromatic carbocycles. The van der Waals surface area contributed by atoms with Crippen molar-refractivity contribution < 1.29 is 35.2 Å². The van der Waals surface area contributed by atoms with E-state index in [4.69, 9.17) is 9.16 Å². The van der Waals surface area contributed by atoms with E-state index in [1.54, 1.807) is 0 Å². The van der Waals surface area contributed by atoms with E-state index >= 15 is 0 Å². The molecule has 1 aliphatic heterocycles. The van der Waals surface area contributed by atoms with Crippen LogP contribution >= 0.6 is 0 Å². The summed E-state index contributed by atoms with van der Waals surface area (Å²) in [5, 5.41) is 0. The van der Waals surface area contributed by atoms with Gasteiger partial charge in [-0.05, 0) is 0 Å². The molecule has 0 aromatic heterocycles. The fourth-order valence-corrected chi connectivity index (χ4v) is 4.04. The molecule has 1 saturated heterocycles. The Morgan fingerprint density at radius 3 is 2.30 bits per heavy atom. The quantitative estimate of drug-likeness (QED) is 0.314. The number of benzene rings is 2. The van der Waals surface area contributed by atoms with Gasteiger partial charge in [-0.3, -0.25) is 0 Å². The first-order valence-electron chi connectivity index (χ1n) is 6.32. The standard InChI is InChI=1S/C16H13IO3/c18-16-15(10-11-19-16)20-14-8-6-13(7-9-14)17-12-4-2-1-3-5-12/h1-9H,10-11H2. The topological polar surface area (TPSA) is 37.6 Å². The van der Waals surface area contributed by atoms with E-state index in [1.165, 1.54) is 7.14 Å². The molecule has 0 amide bonds. The zero-order chi connectivity index (χ0) is 13.8. The second-order valence-electron chi connectivity index (χ2n) is 4.26. The molecule has 1 aliphatic rings. The molecule has 0 saturated carbocycles. The Kier molecular flexibility index (Phi) is 4.11. The molecule has 0 unspecified atom stereocenters. The Morgan fingerprint density at radius 1 is 0.950 bits per heavy atom. The van der Waals surface area contributed by atoms with Gasteiger partial charge in [0.05, 0.1) is 0 Å². The number of hydrogen-bond donors (Lipinski definition) is 0. The SMILES string of the molecule is O=C1OCCC1=[O+]c1ccc([I-]c2ccccc2)cc1. The molecule has 1 fully saturated rings. The number of hydrogen-bond acceptors (Lipinski definition) is 2. The number of ketones is 1. The Balaban J connectivity index is 1.73. The average molecular weight is 380 g/mol. The van der Waals surface area contributed by atoms with Crippen molar-refractivity contribution in [3.63, 3.8) is 0 Å². The van der Waals surface area contributed by atoms with Crippen LogP contribution in [-0.4, -0.2) is 18.4 Å². The van der Waals surface area contributed by atoms with Crippen molar-refractivity contribution in [2.75, 3.05) is 6.61 Å². The van der Waals surface area contributed by atoms with Gasteiger partial charge in [0.2, 0.25) is 0 Å². The summed E-state index contributed by atoms with van der Waals surface area (Å²) in [6.07, 6.45) is 0.553. The van der Waals surface area contributed by atoms with Gasteiger partial charge in [-0.15, -0.1) is 0 Å². The van der Waals surface area contributed by atoms with E-state index in [0.29, 0.717) is 24.6 Å². The van der Waals surface area contributed by atoms with Gasteiger partial charge in [0, 0.05) is 0 Å². The molecule has 4 heteroatoms. The molecule has 3 nitrogen and oxygen atoms in total. The Morgan fingerprint density at radius 2 is 1.65 bits per heavy atom. The van der Waals surface area contributed by atoms with Crippen molar-refractivity contribution >= 4 is 11.8 Å². The number of carbonyl (C=O) groups excluding carboxylic acids is 2. The summed E-state index contributed by atoms with van der Waals surface area (Å²) in [7, 11) is 0. The van der Waals surface area contributed by atoms with Crippen LogP contribution in [0.1, 0.15) is 6.42 Å². The van der Waals surface area contributed by atoms with Gasteiger partial charge in [0.1, 0.15) is 0 Å². The number of carbonyl (C=O) groups is 1. The first-order valence-corrected chi connectivity index (χ1v) is 8.48. The van der Waals surface area contributed by atoms with Crippen molar-refractivity contribution in [2.45, 2.75) is 6.42 Å². The number of ether oxygens (including phenoxy) is 1. The molecule has 1 heterocycles. The molecule has 0 atom stereocenters. The van der Waals surface area contributed by atoms with Crippen LogP contribution in [-0.2, 0) is 14.0 Å². The van der Waals surface area contributed by atoms with Gasteiger partial charge in [0.15, 0.2) is 0 Å². The number of rotatable bonds is 3. The maximum atomic E-state index is 11.3. The first-order chi connectivity index (χ1) is 9.81. The monoisotopic (exact) mass is 380 g/mol. The van der Waals surface area contributed by atoms with Crippen molar-refractivity contribution in [1.29, 1.82) is 0 Å². The van der Waals surface area contributed by atoms with E-state index < -0.39 is 0 Å². The van der Waals surface area contributed by atoms with Crippen molar-refractivity contribution in [1.82, 2.24) is 0 Å². The summed E-state index contributed by atoms with van der Waals surface area (Å²) in [5.74, 6) is 0.751.